The Morgan fingerprint density at radius 3 is 2.24 bits per heavy atom. The molecule has 1 unspecified atom stereocenters. The van der Waals surface area contributed by atoms with Crippen LogP contribution in [0.15, 0.2) is 108 Å². The molecule has 4 aromatic carbocycles. The van der Waals surface area contributed by atoms with Crippen LogP contribution >= 0.6 is 11.8 Å². The lowest BCUT2D eigenvalue weighted by Gasteiger charge is -2.17. The smallest absolute Gasteiger partial charge is 0.272 e. The summed E-state index contributed by atoms with van der Waals surface area (Å²) < 4.78 is 10.7. The van der Waals surface area contributed by atoms with E-state index in [4.69, 9.17) is 9.47 Å². The number of nitrogens with one attached hydrogen (secondary N) is 3. The Hall–Kier alpha value is -5.22. The summed E-state index contributed by atoms with van der Waals surface area (Å²) in [6.45, 7) is 1.93. The highest BCUT2D eigenvalue weighted by Gasteiger charge is 2.21. The zero-order valence-corrected chi connectivity index (χ0v) is 27.3. The summed E-state index contributed by atoms with van der Waals surface area (Å²) in [5, 5.41) is 8.20. The van der Waals surface area contributed by atoms with Gasteiger partial charge in [-0.2, -0.15) is 0 Å². The Labute approximate surface area is 274 Å². The largest absolute Gasteiger partial charge is 0.497 e. The molecule has 238 valence electrons. The van der Waals surface area contributed by atoms with Gasteiger partial charge < -0.3 is 30.3 Å². The third-order valence-electron chi connectivity index (χ3n) is 6.95. The van der Waals surface area contributed by atoms with Crippen LogP contribution in [0.1, 0.15) is 29.3 Å². The number of rotatable bonds is 13. The molecule has 0 fully saturated rings. The van der Waals surface area contributed by atoms with Crippen molar-refractivity contribution in [3.63, 3.8) is 0 Å². The van der Waals surface area contributed by atoms with E-state index in [0.29, 0.717) is 34.9 Å². The molecule has 9 nitrogen and oxygen atoms in total. The lowest BCUT2D eigenvalue weighted by atomic mass is 10.1. The molecule has 0 aliphatic carbocycles. The molecule has 0 radical (unpaired) electrons. The van der Waals surface area contributed by atoms with E-state index in [0.717, 1.165) is 16.1 Å². The van der Waals surface area contributed by atoms with Gasteiger partial charge >= 0.3 is 0 Å². The molecule has 0 spiro atoms. The molecule has 0 aromatic heterocycles. The quantitative estimate of drug-likeness (QED) is 0.111. The zero-order valence-electron chi connectivity index (χ0n) is 26.5. The summed E-state index contributed by atoms with van der Waals surface area (Å²) in [6.07, 6.45) is 2.20. The summed E-state index contributed by atoms with van der Waals surface area (Å²) in [6, 6.07) is 28.8. The Morgan fingerprint density at radius 1 is 0.848 bits per heavy atom. The molecule has 1 atom stereocenters. The average Bonchev–Trinajstić information content (AvgIpc) is 3.07. The summed E-state index contributed by atoms with van der Waals surface area (Å²) >= 11 is 1.38. The maximum atomic E-state index is 13.6. The monoisotopic (exact) mass is 638 g/mol. The van der Waals surface area contributed by atoms with Gasteiger partial charge in [0.2, 0.25) is 5.91 Å². The molecule has 4 aromatic rings. The number of methoxy groups -OCH3 is 2. The van der Waals surface area contributed by atoms with Crippen molar-refractivity contribution in [1.82, 2.24) is 5.32 Å². The topological polar surface area (TPSA) is 109 Å². The summed E-state index contributed by atoms with van der Waals surface area (Å²) in [5.74, 6) is 0.0381. The van der Waals surface area contributed by atoms with Crippen molar-refractivity contribution in [3.8, 4) is 11.5 Å². The molecule has 46 heavy (non-hydrogen) atoms. The first-order chi connectivity index (χ1) is 22.2. The van der Waals surface area contributed by atoms with Crippen molar-refractivity contribution in [2.24, 2.45) is 0 Å². The fraction of sp³-hybridized carbons (Fsp3) is 0.194. The van der Waals surface area contributed by atoms with Gasteiger partial charge in [0.05, 0.1) is 25.2 Å². The normalized spacial score (nSPS) is 11.6. The SMILES string of the molecule is CCC(Sc1cccc(NC(=O)/C(=C\c2ccc(N(C)C)cc2)NC(=O)c2ccccc2)c1)C(=O)Nc1cc(OC)ccc1OC. The first kappa shape index (κ1) is 33.7. The fourth-order valence-electron chi connectivity index (χ4n) is 4.43. The predicted octanol–water partition coefficient (Wildman–Crippen LogP) is 6.69. The van der Waals surface area contributed by atoms with Gasteiger partial charge in [0.15, 0.2) is 0 Å². The van der Waals surface area contributed by atoms with Crippen LogP contribution in [0.3, 0.4) is 0 Å². The minimum Gasteiger partial charge on any atom is -0.497 e. The number of thioether (sulfide) groups is 1. The molecular weight excluding hydrogens is 600 g/mol. The number of ether oxygens (including phenoxy) is 2. The van der Waals surface area contributed by atoms with E-state index in [1.54, 1.807) is 73.8 Å². The van der Waals surface area contributed by atoms with E-state index in [1.165, 1.54) is 18.9 Å². The van der Waals surface area contributed by atoms with Crippen LogP contribution in [0.4, 0.5) is 17.1 Å². The molecule has 0 aliphatic heterocycles. The third-order valence-corrected chi connectivity index (χ3v) is 8.31. The van der Waals surface area contributed by atoms with Gasteiger partial charge in [-0.15, -0.1) is 11.8 Å². The Balaban J connectivity index is 1.52. The van der Waals surface area contributed by atoms with Crippen LogP contribution in [-0.2, 0) is 9.59 Å². The molecule has 3 amide bonds. The molecule has 10 heteroatoms. The van der Waals surface area contributed by atoms with Crippen LogP contribution in [-0.4, -0.2) is 51.3 Å². The van der Waals surface area contributed by atoms with Crippen molar-refractivity contribution in [3.05, 3.63) is 114 Å². The second kappa shape index (κ2) is 16.2. The van der Waals surface area contributed by atoms with Crippen LogP contribution in [0.2, 0.25) is 0 Å². The number of carbonyl (C=O) groups is 3. The summed E-state index contributed by atoms with van der Waals surface area (Å²) in [4.78, 5) is 42.6. The average molecular weight is 639 g/mol. The van der Waals surface area contributed by atoms with Crippen LogP contribution in [0.25, 0.3) is 6.08 Å². The van der Waals surface area contributed by atoms with Crippen molar-refractivity contribution in [2.75, 3.05) is 43.8 Å². The number of nitrogens with zero attached hydrogens (tertiary/aromatic N) is 1. The van der Waals surface area contributed by atoms with E-state index in [1.807, 2.05) is 62.3 Å². The van der Waals surface area contributed by atoms with Gasteiger partial charge in [0.1, 0.15) is 17.2 Å². The lowest BCUT2D eigenvalue weighted by Crippen LogP contribution is -2.30. The Bertz CT molecular complexity index is 1690. The number of hydrogen-bond donors (Lipinski definition) is 3. The molecule has 0 saturated carbocycles. The van der Waals surface area contributed by atoms with Gasteiger partial charge in [0.25, 0.3) is 11.8 Å². The number of hydrogen-bond acceptors (Lipinski definition) is 7. The van der Waals surface area contributed by atoms with Crippen LogP contribution < -0.4 is 30.3 Å². The van der Waals surface area contributed by atoms with E-state index in [2.05, 4.69) is 16.0 Å². The second-order valence-corrected chi connectivity index (χ2v) is 11.7. The molecule has 0 heterocycles. The highest BCUT2D eigenvalue weighted by Crippen LogP contribution is 2.32. The van der Waals surface area contributed by atoms with E-state index >= 15 is 0 Å². The Morgan fingerprint density at radius 2 is 1.59 bits per heavy atom. The molecule has 0 aliphatic rings. The molecular formula is C36H38N4O5S. The number of benzene rings is 4. The van der Waals surface area contributed by atoms with Crippen LogP contribution in [0, 0.1) is 0 Å². The third kappa shape index (κ3) is 9.15. The van der Waals surface area contributed by atoms with Crippen LogP contribution in [0.5, 0.6) is 11.5 Å². The standard InChI is InChI=1S/C36H38N4O5S/c1-6-33(36(43)38-30-23-28(44-4)19-20-32(30)45-5)46-29-14-10-13-26(22-29)37-35(42)31(39-34(41)25-11-8-7-9-12-25)21-24-15-17-27(18-16-24)40(2)3/h7-23,33H,6H2,1-5H3,(H,37,42)(H,38,43)(H,39,41)/b31-21+. The first-order valence-electron chi connectivity index (χ1n) is 14.7. The van der Waals surface area contributed by atoms with Gasteiger partial charge in [-0.3, -0.25) is 14.4 Å². The van der Waals surface area contributed by atoms with Crippen molar-refractivity contribution in [1.29, 1.82) is 0 Å². The second-order valence-electron chi connectivity index (χ2n) is 10.4. The van der Waals surface area contributed by atoms with E-state index in [-0.39, 0.29) is 11.6 Å². The van der Waals surface area contributed by atoms with Gasteiger partial charge in [0, 0.05) is 42.0 Å². The highest BCUT2D eigenvalue weighted by atomic mass is 32.2. The summed E-state index contributed by atoms with van der Waals surface area (Å²) in [7, 11) is 6.99. The zero-order chi connectivity index (χ0) is 33.1. The number of anilines is 3. The predicted molar refractivity (Wildman–Crippen MR) is 186 cm³/mol. The van der Waals surface area contributed by atoms with E-state index in [9.17, 15) is 14.4 Å². The van der Waals surface area contributed by atoms with Crippen molar-refractivity contribution < 1.29 is 23.9 Å². The summed E-state index contributed by atoms with van der Waals surface area (Å²) in [5.41, 5.74) is 3.30. The Kier molecular flexibility index (Phi) is 11.9. The number of amides is 3. The van der Waals surface area contributed by atoms with Gasteiger partial charge in [-0.25, -0.2) is 0 Å². The molecule has 4 rings (SSSR count). The molecule has 0 bridgehead atoms. The van der Waals surface area contributed by atoms with Crippen molar-refractivity contribution in [2.45, 2.75) is 23.5 Å². The van der Waals surface area contributed by atoms with Crippen molar-refractivity contribution >= 4 is 52.6 Å². The number of carbonyl (C=O) groups excluding carboxylic acids is 3. The lowest BCUT2D eigenvalue weighted by molar-refractivity contribution is -0.116. The maximum absolute atomic E-state index is 13.6. The minimum atomic E-state index is -0.488. The first-order valence-corrected chi connectivity index (χ1v) is 15.5. The fourth-order valence-corrected chi connectivity index (χ4v) is 5.45. The van der Waals surface area contributed by atoms with Gasteiger partial charge in [-0.1, -0.05) is 43.3 Å². The minimum absolute atomic E-state index is 0.0857. The highest BCUT2D eigenvalue weighted by molar-refractivity contribution is 8.00. The van der Waals surface area contributed by atoms with E-state index < -0.39 is 17.1 Å². The van der Waals surface area contributed by atoms with Gasteiger partial charge in [-0.05, 0) is 72.7 Å². The molecule has 0 saturated heterocycles. The maximum Gasteiger partial charge on any atom is 0.272 e. The molecule has 3 N–H and O–H groups in total.